The second-order valence-electron chi connectivity index (χ2n) is 8.79. The summed E-state index contributed by atoms with van der Waals surface area (Å²) in [6, 6.07) is 1.73. The molecule has 1 aromatic rings. The van der Waals surface area contributed by atoms with E-state index in [0.717, 1.165) is 25.9 Å². The summed E-state index contributed by atoms with van der Waals surface area (Å²) in [5.74, 6) is 0.607. The van der Waals surface area contributed by atoms with Crippen LogP contribution in [0.25, 0.3) is 0 Å². The summed E-state index contributed by atoms with van der Waals surface area (Å²) in [5, 5.41) is 3.98. The molecule has 140 valence electrons. The molecule has 1 aliphatic heterocycles. The second kappa shape index (κ2) is 7.48. The zero-order valence-electron chi connectivity index (χ0n) is 16.0. The Kier molecular flexibility index (Phi) is 5.52. The van der Waals surface area contributed by atoms with Gasteiger partial charge >= 0.3 is 0 Å². The first-order valence-electron chi connectivity index (χ1n) is 9.76. The van der Waals surface area contributed by atoms with Gasteiger partial charge in [0.15, 0.2) is 11.5 Å². The molecule has 0 bridgehead atoms. The lowest BCUT2D eigenvalue weighted by atomic mass is 9.69. The highest BCUT2D eigenvalue weighted by molar-refractivity contribution is 5.92. The molecule has 0 N–H and O–H groups in total. The Hall–Kier alpha value is -1.36. The normalized spacial score (nSPS) is 21.3. The van der Waals surface area contributed by atoms with Crippen LogP contribution in [0, 0.1) is 5.41 Å². The van der Waals surface area contributed by atoms with Crippen LogP contribution in [0.2, 0.25) is 0 Å². The maximum Gasteiger partial charge on any atom is 0.276 e. The monoisotopic (exact) mass is 348 g/mol. The third-order valence-corrected chi connectivity index (χ3v) is 5.67. The minimum Gasteiger partial charge on any atom is -0.368 e. The molecule has 1 saturated carbocycles. The molecule has 25 heavy (non-hydrogen) atoms. The van der Waals surface area contributed by atoms with Gasteiger partial charge in [0.2, 0.25) is 0 Å². The van der Waals surface area contributed by atoms with Gasteiger partial charge in [0.05, 0.1) is 5.60 Å². The molecule has 0 unspecified atom stereocenters. The summed E-state index contributed by atoms with van der Waals surface area (Å²) in [6.07, 6.45) is 10.3. The highest BCUT2D eigenvalue weighted by atomic mass is 16.5. The summed E-state index contributed by atoms with van der Waals surface area (Å²) in [5.41, 5.74) is 0.658. The fourth-order valence-electron chi connectivity index (χ4n) is 4.19. The Balaban J connectivity index is 1.58. The highest BCUT2D eigenvalue weighted by Gasteiger charge is 2.35. The molecule has 0 aromatic carbocycles. The Morgan fingerprint density at radius 2 is 1.88 bits per heavy atom. The molecule has 1 aliphatic carbocycles. The molecule has 1 aromatic heterocycles. The van der Waals surface area contributed by atoms with E-state index in [0.29, 0.717) is 23.5 Å². The Bertz CT molecular complexity index is 582. The number of carbonyl (C=O) groups excluding carboxylic acids is 1. The van der Waals surface area contributed by atoms with Crippen LogP contribution in [0.4, 0.5) is 0 Å². The first-order chi connectivity index (χ1) is 11.9. The summed E-state index contributed by atoms with van der Waals surface area (Å²) in [4.78, 5) is 14.8. The quantitative estimate of drug-likeness (QED) is 0.803. The third kappa shape index (κ3) is 4.84. The lowest BCUT2D eigenvalue weighted by Gasteiger charge is -2.36. The fourth-order valence-corrected chi connectivity index (χ4v) is 4.19. The third-order valence-electron chi connectivity index (χ3n) is 5.67. The highest BCUT2D eigenvalue weighted by Crippen LogP contribution is 2.44. The molecule has 3 rings (SSSR count). The molecule has 1 amide bonds. The van der Waals surface area contributed by atoms with E-state index >= 15 is 0 Å². The van der Waals surface area contributed by atoms with Crippen molar-refractivity contribution in [2.75, 3.05) is 13.1 Å². The number of nitrogens with zero attached hydrogens (tertiary/aromatic N) is 2. The van der Waals surface area contributed by atoms with Gasteiger partial charge < -0.3 is 14.2 Å². The van der Waals surface area contributed by atoms with E-state index in [1.165, 1.54) is 38.5 Å². The van der Waals surface area contributed by atoms with Gasteiger partial charge in [-0.1, -0.05) is 24.4 Å². The summed E-state index contributed by atoms with van der Waals surface area (Å²) in [7, 11) is 0. The van der Waals surface area contributed by atoms with Crippen molar-refractivity contribution in [3.63, 3.8) is 0 Å². The first kappa shape index (κ1) is 18.4. The SMILES string of the molecule is CC(C)(C)OCc1cc(C(=O)N2CCCC3(CCCCC3)CC2)no1. The number of ether oxygens (including phenoxy) is 1. The van der Waals surface area contributed by atoms with E-state index in [1.54, 1.807) is 6.07 Å². The van der Waals surface area contributed by atoms with Gasteiger partial charge in [0.1, 0.15) is 6.61 Å². The first-order valence-corrected chi connectivity index (χ1v) is 9.76. The van der Waals surface area contributed by atoms with Crippen molar-refractivity contribution < 1.29 is 14.1 Å². The van der Waals surface area contributed by atoms with Crippen LogP contribution in [0.3, 0.4) is 0 Å². The zero-order chi connectivity index (χ0) is 17.9. The van der Waals surface area contributed by atoms with E-state index < -0.39 is 0 Å². The maximum absolute atomic E-state index is 12.8. The predicted molar refractivity (Wildman–Crippen MR) is 96.3 cm³/mol. The molecular weight excluding hydrogens is 316 g/mol. The van der Waals surface area contributed by atoms with Crippen molar-refractivity contribution in [3.8, 4) is 0 Å². The molecule has 5 nitrogen and oxygen atoms in total. The van der Waals surface area contributed by atoms with Crippen LogP contribution in [0.15, 0.2) is 10.6 Å². The van der Waals surface area contributed by atoms with Gasteiger partial charge in [-0.25, -0.2) is 0 Å². The molecule has 2 fully saturated rings. The number of carbonyl (C=O) groups is 1. The van der Waals surface area contributed by atoms with E-state index in [1.807, 2.05) is 25.7 Å². The average molecular weight is 348 g/mol. The summed E-state index contributed by atoms with van der Waals surface area (Å²) < 4.78 is 11.0. The van der Waals surface area contributed by atoms with Crippen molar-refractivity contribution in [1.82, 2.24) is 10.1 Å². The number of amides is 1. The number of rotatable bonds is 3. The van der Waals surface area contributed by atoms with Crippen LogP contribution < -0.4 is 0 Å². The van der Waals surface area contributed by atoms with Crippen LogP contribution in [0.5, 0.6) is 0 Å². The van der Waals surface area contributed by atoms with Crippen molar-refractivity contribution in [2.24, 2.45) is 5.41 Å². The maximum atomic E-state index is 12.8. The number of hydrogen-bond acceptors (Lipinski definition) is 4. The number of hydrogen-bond donors (Lipinski definition) is 0. The molecule has 2 heterocycles. The van der Waals surface area contributed by atoms with Gasteiger partial charge in [-0.05, 0) is 58.3 Å². The van der Waals surface area contributed by atoms with Gasteiger partial charge in [-0.15, -0.1) is 0 Å². The largest absolute Gasteiger partial charge is 0.368 e. The average Bonchev–Trinajstić information content (AvgIpc) is 2.96. The Morgan fingerprint density at radius 1 is 1.16 bits per heavy atom. The fraction of sp³-hybridized carbons (Fsp3) is 0.800. The number of likely N-dealkylation sites (tertiary alicyclic amines) is 1. The molecule has 0 atom stereocenters. The van der Waals surface area contributed by atoms with Crippen molar-refractivity contribution in [1.29, 1.82) is 0 Å². The second-order valence-corrected chi connectivity index (χ2v) is 8.79. The van der Waals surface area contributed by atoms with E-state index in [9.17, 15) is 4.79 Å². The minimum absolute atomic E-state index is 0.00128. The van der Waals surface area contributed by atoms with Crippen LogP contribution in [-0.4, -0.2) is 34.7 Å². The van der Waals surface area contributed by atoms with E-state index in [2.05, 4.69) is 5.16 Å². The van der Waals surface area contributed by atoms with E-state index in [4.69, 9.17) is 9.26 Å². The van der Waals surface area contributed by atoms with Crippen molar-refractivity contribution in [3.05, 3.63) is 17.5 Å². The van der Waals surface area contributed by atoms with Gasteiger partial charge in [-0.2, -0.15) is 0 Å². The predicted octanol–water partition coefficient (Wildman–Crippen LogP) is 4.57. The topological polar surface area (TPSA) is 55.6 Å². The van der Waals surface area contributed by atoms with Crippen molar-refractivity contribution >= 4 is 5.91 Å². The summed E-state index contributed by atoms with van der Waals surface area (Å²) in [6.45, 7) is 8.00. The van der Waals surface area contributed by atoms with Gasteiger partial charge in [0.25, 0.3) is 5.91 Å². The minimum atomic E-state index is -0.240. The standard InChI is InChI=1S/C20H32N2O3/c1-19(2,3)24-15-16-14-17(21-25-16)18(23)22-12-7-10-20(11-13-22)8-5-4-6-9-20/h14H,4-13,15H2,1-3H3. The van der Waals surface area contributed by atoms with Crippen molar-refractivity contribution in [2.45, 2.75) is 84.3 Å². The molecule has 2 aliphatic rings. The molecule has 0 radical (unpaired) electrons. The van der Waals surface area contributed by atoms with E-state index in [-0.39, 0.29) is 11.5 Å². The molecular formula is C20H32N2O3. The zero-order valence-corrected chi connectivity index (χ0v) is 16.0. The Labute approximate surface area is 151 Å². The summed E-state index contributed by atoms with van der Waals surface area (Å²) >= 11 is 0. The molecule has 1 saturated heterocycles. The molecule has 5 heteroatoms. The lowest BCUT2D eigenvalue weighted by molar-refractivity contribution is -0.0241. The lowest BCUT2D eigenvalue weighted by Crippen LogP contribution is -2.33. The van der Waals surface area contributed by atoms with Gasteiger partial charge in [0, 0.05) is 19.2 Å². The van der Waals surface area contributed by atoms with Gasteiger partial charge in [-0.3, -0.25) is 4.79 Å². The van der Waals surface area contributed by atoms with Crippen LogP contribution in [0.1, 0.15) is 88.4 Å². The van der Waals surface area contributed by atoms with Crippen LogP contribution >= 0.6 is 0 Å². The Morgan fingerprint density at radius 3 is 2.60 bits per heavy atom. The molecule has 1 spiro atoms. The van der Waals surface area contributed by atoms with Crippen LogP contribution in [-0.2, 0) is 11.3 Å². The smallest absolute Gasteiger partial charge is 0.276 e. The number of aromatic nitrogens is 1.